The molecule has 1 unspecified atom stereocenters. The van der Waals surface area contributed by atoms with Crippen LogP contribution in [0.4, 0.5) is 11.4 Å². The van der Waals surface area contributed by atoms with Gasteiger partial charge in [0, 0.05) is 29.1 Å². The third-order valence-corrected chi connectivity index (χ3v) is 3.89. The van der Waals surface area contributed by atoms with Crippen molar-refractivity contribution in [2.24, 2.45) is 5.92 Å². The normalized spacial score (nSPS) is 18.6. The Labute approximate surface area is 123 Å². The Morgan fingerprint density at radius 1 is 1.58 bits per heavy atom. The molecular formula is C12H13IN2O4. The number of carbonyl (C=O) groups is 1. The second kappa shape index (κ2) is 5.72. The summed E-state index contributed by atoms with van der Waals surface area (Å²) in [5.74, 6) is -0.750. The topological polar surface area (TPSA) is 83.7 Å². The summed E-state index contributed by atoms with van der Waals surface area (Å²) in [6.45, 7) is 1.23. The summed E-state index contributed by atoms with van der Waals surface area (Å²) >= 11 is 2.04. The highest BCUT2D eigenvalue weighted by atomic mass is 127. The molecule has 1 aliphatic rings. The quantitative estimate of drug-likeness (QED) is 0.496. The van der Waals surface area contributed by atoms with Gasteiger partial charge in [-0.2, -0.15) is 0 Å². The molecule has 0 aliphatic carbocycles. The van der Waals surface area contributed by atoms with Gasteiger partial charge in [0.15, 0.2) is 0 Å². The average molecular weight is 376 g/mol. The average Bonchev–Trinajstić information content (AvgIpc) is 2.76. The molecule has 1 saturated heterocycles. The van der Waals surface area contributed by atoms with Crippen LogP contribution in [0, 0.1) is 19.6 Å². The van der Waals surface area contributed by atoms with Gasteiger partial charge in [-0.1, -0.05) is 0 Å². The first kappa shape index (κ1) is 14.0. The van der Waals surface area contributed by atoms with Gasteiger partial charge in [0.05, 0.1) is 4.92 Å². The fourth-order valence-electron chi connectivity index (χ4n) is 2.38. The molecule has 0 saturated carbocycles. The number of aliphatic carboxylic acids is 1. The van der Waals surface area contributed by atoms with E-state index in [1.807, 2.05) is 33.6 Å². The number of rotatable bonds is 4. The summed E-state index contributed by atoms with van der Waals surface area (Å²) in [5, 5.41) is 19.9. The summed E-state index contributed by atoms with van der Waals surface area (Å²) in [6, 6.07) is 5.11. The second-order valence-corrected chi connectivity index (χ2v) is 5.83. The maximum atomic E-state index is 11.1. The van der Waals surface area contributed by atoms with Gasteiger partial charge >= 0.3 is 5.97 Å². The van der Waals surface area contributed by atoms with E-state index < -0.39 is 5.97 Å². The lowest BCUT2D eigenvalue weighted by atomic mass is 10.1. The lowest BCUT2D eigenvalue weighted by Gasteiger charge is -2.18. The van der Waals surface area contributed by atoms with E-state index in [-0.39, 0.29) is 22.9 Å². The molecule has 0 spiro atoms. The minimum atomic E-state index is -0.816. The van der Waals surface area contributed by atoms with E-state index in [1.54, 1.807) is 12.1 Å². The molecule has 1 fully saturated rings. The van der Waals surface area contributed by atoms with Crippen molar-refractivity contribution in [1.82, 2.24) is 0 Å². The van der Waals surface area contributed by atoms with E-state index in [4.69, 9.17) is 5.11 Å². The molecular weight excluding hydrogens is 363 g/mol. The Kier molecular flexibility index (Phi) is 4.23. The third-order valence-electron chi connectivity index (χ3n) is 3.22. The Hall–Kier alpha value is -1.38. The van der Waals surface area contributed by atoms with Gasteiger partial charge < -0.3 is 10.0 Å². The van der Waals surface area contributed by atoms with Gasteiger partial charge in [-0.15, -0.1) is 0 Å². The second-order valence-electron chi connectivity index (χ2n) is 4.59. The van der Waals surface area contributed by atoms with E-state index >= 15 is 0 Å². The minimum Gasteiger partial charge on any atom is -0.481 e. The van der Waals surface area contributed by atoms with Crippen molar-refractivity contribution < 1.29 is 14.8 Å². The highest BCUT2D eigenvalue weighted by molar-refractivity contribution is 14.1. The molecule has 6 nitrogen and oxygen atoms in total. The standard InChI is InChI=1S/C12H13IN2O4/c13-9-1-2-10(11(6-9)15(18)19)14-4-3-8(7-14)5-12(16)17/h1-2,6,8H,3-5,7H2,(H,16,17). The van der Waals surface area contributed by atoms with Crippen LogP contribution in [0.3, 0.4) is 0 Å². The number of halogens is 1. The zero-order valence-corrected chi connectivity index (χ0v) is 12.2. The van der Waals surface area contributed by atoms with Crippen molar-refractivity contribution in [3.63, 3.8) is 0 Å². The SMILES string of the molecule is O=C(O)CC1CCN(c2ccc(I)cc2[N+](=O)[O-])C1. The first-order valence-corrected chi connectivity index (χ1v) is 6.96. The van der Waals surface area contributed by atoms with Crippen LogP contribution in [0.25, 0.3) is 0 Å². The Morgan fingerprint density at radius 3 is 2.95 bits per heavy atom. The molecule has 0 aromatic heterocycles. The number of hydrogen-bond donors (Lipinski definition) is 1. The summed E-state index contributed by atoms with van der Waals surface area (Å²) in [4.78, 5) is 23.3. The van der Waals surface area contributed by atoms with E-state index in [0.717, 1.165) is 9.99 Å². The van der Waals surface area contributed by atoms with Gasteiger partial charge in [-0.25, -0.2) is 0 Å². The van der Waals surface area contributed by atoms with Crippen molar-refractivity contribution in [3.8, 4) is 0 Å². The summed E-state index contributed by atoms with van der Waals surface area (Å²) < 4.78 is 0.814. The lowest BCUT2D eigenvalue weighted by molar-refractivity contribution is -0.384. The van der Waals surface area contributed by atoms with Gasteiger partial charge in [-0.3, -0.25) is 14.9 Å². The number of benzene rings is 1. The lowest BCUT2D eigenvalue weighted by Crippen LogP contribution is -2.21. The number of carboxylic acid groups (broad SMARTS) is 1. The summed E-state index contributed by atoms with van der Waals surface area (Å²) in [7, 11) is 0. The number of carboxylic acids is 1. The molecule has 0 radical (unpaired) electrons. The number of nitro groups is 1. The Bertz CT molecular complexity index is 520. The minimum absolute atomic E-state index is 0.0661. The fraction of sp³-hybridized carbons (Fsp3) is 0.417. The van der Waals surface area contributed by atoms with E-state index in [9.17, 15) is 14.9 Å². The van der Waals surface area contributed by atoms with Crippen molar-refractivity contribution >= 4 is 39.9 Å². The van der Waals surface area contributed by atoms with E-state index in [1.165, 1.54) is 0 Å². The molecule has 7 heteroatoms. The Balaban J connectivity index is 2.19. The highest BCUT2D eigenvalue weighted by Gasteiger charge is 2.28. The maximum Gasteiger partial charge on any atom is 0.303 e. The van der Waals surface area contributed by atoms with Crippen LogP contribution in [-0.2, 0) is 4.79 Å². The van der Waals surface area contributed by atoms with E-state index in [2.05, 4.69) is 0 Å². The predicted octanol–water partition coefficient (Wildman–Crippen LogP) is 2.50. The van der Waals surface area contributed by atoms with Gasteiger partial charge in [0.25, 0.3) is 5.69 Å². The first-order chi connectivity index (χ1) is 8.97. The largest absolute Gasteiger partial charge is 0.481 e. The molecule has 0 bridgehead atoms. The van der Waals surface area contributed by atoms with Crippen LogP contribution in [0.2, 0.25) is 0 Å². The van der Waals surface area contributed by atoms with Crippen molar-refractivity contribution in [3.05, 3.63) is 31.9 Å². The Morgan fingerprint density at radius 2 is 2.32 bits per heavy atom. The molecule has 2 rings (SSSR count). The fourth-order valence-corrected chi connectivity index (χ4v) is 2.85. The molecule has 1 heterocycles. The highest BCUT2D eigenvalue weighted by Crippen LogP contribution is 2.34. The van der Waals surface area contributed by atoms with Crippen molar-refractivity contribution in [2.75, 3.05) is 18.0 Å². The third kappa shape index (κ3) is 3.34. The summed E-state index contributed by atoms with van der Waals surface area (Å²) in [5.41, 5.74) is 0.668. The monoisotopic (exact) mass is 376 g/mol. The molecule has 0 amide bonds. The van der Waals surface area contributed by atoms with Gasteiger partial charge in [0.1, 0.15) is 5.69 Å². The molecule has 102 valence electrons. The predicted molar refractivity (Wildman–Crippen MR) is 78.4 cm³/mol. The molecule has 19 heavy (non-hydrogen) atoms. The molecule has 1 atom stereocenters. The van der Waals surface area contributed by atoms with E-state index in [0.29, 0.717) is 18.8 Å². The molecule has 1 aliphatic heterocycles. The number of anilines is 1. The molecule has 1 N–H and O–H groups in total. The number of nitrogens with zero attached hydrogens (tertiary/aromatic N) is 2. The van der Waals surface area contributed by atoms with Crippen LogP contribution in [0.1, 0.15) is 12.8 Å². The first-order valence-electron chi connectivity index (χ1n) is 5.88. The number of nitro benzene ring substituents is 1. The zero-order valence-electron chi connectivity index (χ0n) is 10.1. The maximum absolute atomic E-state index is 11.1. The van der Waals surface area contributed by atoms with Crippen LogP contribution in [0.15, 0.2) is 18.2 Å². The van der Waals surface area contributed by atoms with Gasteiger partial charge in [-0.05, 0) is 47.1 Å². The van der Waals surface area contributed by atoms with Crippen LogP contribution >= 0.6 is 22.6 Å². The zero-order chi connectivity index (χ0) is 14.0. The smallest absolute Gasteiger partial charge is 0.303 e. The van der Waals surface area contributed by atoms with Crippen molar-refractivity contribution in [2.45, 2.75) is 12.8 Å². The molecule has 1 aromatic rings. The van der Waals surface area contributed by atoms with Crippen molar-refractivity contribution in [1.29, 1.82) is 0 Å². The van der Waals surface area contributed by atoms with Crippen LogP contribution < -0.4 is 4.90 Å². The van der Waals surface area contributed by atoms with Crippen LogP contribution in [-0.4, -0.2) is 29.1 Å². The molecule has 1 aromatic carbocycles. The number of hydrogen-bond acceptors (Lipinski definition) is 4. The summed E-state index contributed by atoms with van der Waals surface area (Å²) in [6.07, 6.45) is 0.879. The van der Waals surface area contributed by atoms with Gasteiger partial charge in [0.2, 0.25) is 0 Å². The van der Waals surface area contributed by atoms with Crippen LogP contribution in [0.5, 0.6) is 0 Å².